The molecule has 3 heterocycles. The largest absolute Gasteiger partial charge is 0.373 e. The van der Waals surface area contributed by atoms with Crippen molar-refractivity contribution in [2.24, 2.45) is 0 Å². The second kappa shape index (κ2) is 8.75. The van der Waals surface area contributed by atoms with Gasteiger partial charge < -0.3 is 9.64 Å². The van der Waals surface area contributed by atoms with Gasteiger partial charge in [0.15, 0.2) is 0 Å². The van der Waals surface area contributed by atoms with Crippen molar-refractivity contribution < 1.29 is 4.74 Å². The van der Waals surface area contributed by atoms with Crippen LogP contribution in [-0.4, -0.2) is 45.5 Å². The predicted molar refractivity (Wildman–Crippen MR) is 112 cm³/mol. The molecule has 6 nitrogen and oxygen atoms in total. The van der Waals surface area contributed by atoms with Crippen LogP contribution in [0.25, 0.3) is 0 Å². The average molecular weight is 396 g/mol. The highest BCUT2D eigenvalue weighted by Crippen LogP contribution is 2.23. The molecule has 4 rings (SSSR count). The lowest BCUT2D eigenvalue weighted by molar-refractivity contribution is 0.0267. The Labute approximate surface area is 170 Å². The number of thioether (sulfide) groups is 1. The summed E-state index contributed by atoms with van der Waals surface area (Å²) in [5.74, 6) is 1.81. The number of nitrogens with zero attached hydrogens (tertiary/aromatic N) is 5. The van der Waals surface area contributed by atoms with Crippen molar-refractivity contribution in [2.45, 2.75) is 37.3 Å². The summed E-state index contributed by atoms with van der Waals surface area (Å²) in [5, 5.41) is 5.50. The number of rotatable bonds is 6. The van der Waals surface area contributed by atoms with Crippen LogP contribution in [0.5, 0.6) is 0 Å². The van der Waals surface area contributed by atoms with Crippen molar-refractivity contribution in [2.75, 3.05) is 24.6 Å². The Morgan fingerprint density at radius 3 is 2.82 bits per heavy atom. The number of aryl methyl sites for hydroxylation is 2. The van der Waals surface area contributed by atoms with Gasteiger partial charge in [-0.2, -0.15) is 5.10 Å². The third-order valence-electron chi connectivity index (χ3n) is 4.77. The van der Waals surface area contributed by atoms with Gasteiger partial charge in [-0.3, -0.25) is 9.67 Å². The lowest BCUT2D eigenvalue weighted by atomic mass is 10.2. The van der Waals surface area contributed by atoms with Crippen LogP contribution < -0.4 is 4.90 Å². The van der Waals surface area contributed by atoms with E-state index in [-0.39, 0.29) is 6.10 Å². The molecule has 1 atom stereocenters. The van der Waals surface area contributed by atoms with Crippen LogP contribution in [0.3, 0.4) is 0 Å². The molecule has 1 aliphatic heterocycles. The van der Waals surface area contributed by atoms with Crippen molar-refractivity contribution in [3.8, 4) is 0 Å². The van der Waals surface area contributed by atoms with Crippen LogP contribution in [0.4, 0.5) is 5.82 Å². The van der Waals surface area contributed by atoms with E-state index in [1.54, 1.807) is 11.8 Å². The molecule has 146 valence electrons. The summed E-state index contributed by atoms with van der Waals surface area (Å²) in [5.41, 5.74) is 3.49. The first-order valence-electron chi connectivity index (χ1n) is 9.54. The van der Waals surface area contributed by atoms with Gasteiger partial charge in [-0.15, -0.1) is 11.8 Å². The molecular weight excluding hydrogens is 370 g/mol. The van der Waals surface area contributed by atoms with E-state index >= 15 is 0 Å². The monoisotopic (exact) mass is 395 g/mol. The normalized spacial score (nSPS) is 17.1. The zero-order chi connectivity index (χ0) is 19.3. The fourth-order valence-corrected chi connectivity index (χ4v) is 4.18. The van der Waals surface area contributed by atoms with Crippen molar-refractivity contribution in [3.05, 3.63) is 65.7 Å². The van der Waals surface area contributed by atoms with Crippen LogP contribution >= 0.6 is 11.8 Å². The highest BCUT2D eigenvalue weighted by molar-refractivity contribution is 7.98. The zero-order valence-electron chi connectivity index (χ0n) is 16.3. The van der Waals surface area contributed by atoms with E-state index in [1.807, 2.05) is 30.1 Å². The number of ether oxygens (including phenoxy) is 1. The molecule has 1 aliphatic rings. The molecule has 0 aliphatic carbocycles. The predicted octanol–water partition coefficient (Wildman–Crippen LogP) is 3.49. The number of morpholine rings is 1. The minimum atomic E-state index is 0.0918. The number of anilines is 1. The maximum Gasteiger partial charge on any atom is 0.148 e. The number of aromatic nitrogens is 4. The van der Waals surface area contributed by atoms with Gasteiger partial charge in [-0.05, 0) is 25.5 Å². The van der Waals surface area contributed by atoms with Gasteiger partial charge in [0, 0.05) is 24.5 Å². The van der Waals surface area contributed by atoms with E-state index < -0.39 is 0 Å². The first kappa shape index (κ1) is 19.0. The molecule has 1 fully saturated rings. The Morgan fingerprint density at radius 1 is 1.18 bits per heavy atom. The number of hydrogen-bond donors (Lipinski definition) is 0. The lowest BCUT2D eigenvalue weighted by Crippen LogP contribution is -2.45. The van der Waals surface area contributed by atoms with Crippen molar-refractivity contribution >= 4 is 17.6 Å². The van der Waals surface area contributed by atoms with Crippen LogP contribution in [0.15, 0.2) is 53.8 Å². The Hall–Kier alpha value is -2.38. The summed E-state index contributed by atoms with van der Waals surface area (Å²) in [7, 11) is 0. The maximum atomic E-state index is 5.98. The zero-order valence-corrected chi connectivity index (χ0v) is 17.1. The second-order valence-corrected chi connectivity index (χ2v) is 8.03. The Morgan fingerprint density at radius 2 is 2.04 bits per heavy atom. The van der Waals surface area contributed by atoms with Crippen molar-refractivity contribution in [3.63, 3.8) is 0 Å². The molecule has 2 aromatic heterocycles. The maximum absolute atomic E-state index is 5.98. The highest BCUT2D eigenvalue weighted by Gasteiger charge is 2.23. The summed E-state index contributed by atoms with van der Waals surface area (Å²) in [6.45, 7) is 7.17. The first-order valence-corrected chi connectivity index (χ1v) is 10.5. The third kappa shape index (κ3) is 4.72. The van der Waals surface area contributed by atoms with Gasteiger partial charge in [0.2, 0.25) is 0 Å². The highest BCUT2D eigenvalue weighted by atomic mass is 32.2. The summed E-state index contributed by atoms with van der Waals surface area (Å²) in [4.78, 5) is 11.5. The van der Waals surface area contributed by atoms with Gasteiger partial charge in [0.25, 0.3) is 0 Å². The first-order chi connectivity index (χ1) is 13.7. The topological polar surface area (TPSA) is 56.1 Å². The third-order valence-corrected chi connectivity index (χ3v) is 5.74. The fourth-order valence-electron chi connectivity index (χ4n) is 3.38. The molecule has 1 saturated heterocycles. The standard InChI is InChI=1S/C21H25N5OS/c1-16-10-17(2)26(24-16)14-19-13-25(8-9-27-19)20-11-22-12-21(23-20)28-15-18-6-4-3-5-7-18/h3-7,10-12,19H,8-9,13-15H2,1-2H3. The molecule has 0 radical (unpaired) electrons. The van der Waals surface area contributed by atoms with E-state index in [9.17, 15) is 0 Å². The Balaban J connectivity index is 1.40. The molecule has 0 spiro atoms. The summed E-state index contributed by atoms with van der Waals surface area (Å²) < 4.78 is 8.01. The van der Waals surface area contributed by atoms with Gasteiger partial charge in [0.1, 0.15) is 10.8 Å². The summed E-state index contributed by atoms with van der Waals surface area (Å²) >= 11 is 1.71. The average Bonchev–Trinajstić information content (AvgIpc) is 3.04. The van der Waals surface area contributed by atoms with Crippen LogP contribution in [-0.2, 0) is 17.0 Å². The molecule has 0 N–H and O–H groups in total. The second-order valence-electron chi connectivity index (χ2n) is 7.04. The van der Waals surface area contributed by atoms with E-state index in [0.29, 0.717) is 6.61 Å². The molecule has 0 bridgehead atoms. The van der Waals surface area contributed by atoms with Crippen molar-refractivity contribution in [1.82, 2.24) is 19.7 Å². The molecule has 0 amide bonds. The van der Waals surface area contributed by atoms with E-state index in [0.717, 1.165) is 47.6 Å². The van der Waals surface area contributed by atoms with Gasteiger partial charge in [0.05, 0.1) is 37.3 Å². The quantitative estimate of drug-likeness (QED) is 0.596. The SMILES string of the molecule is Cc1cc(C)n(CC2CN(c3cncc(SCc4ccccc4)n3)CCO2)n1. The Kier molecular flexibility index (Phi) is 5.92. The van der Waals surface area contributed by atoms with Gasteiger partial charge in [-0.1, -0.05) is 30.3 Å². The van der Waals surface area contributed by atoms with E-state index in [4.69, 9.17) is 9.72 Å². The van der Waals surface area contributed by atoms with Gasteiger partial charge >= 0.3 is 0 Å². The minimum Gasteiger partial charge on any atom is -0.373 e. The Bertz CT molecular complexity index is 914. The van der Waals surface area contributed by atoms with E-state index in [2.05, 4.69) is 52.2 Å². The minimum absolute atomic E-state index is 0.0918. The van der Waals surface area contributed by atoms with Crippen LogP contribution in [0.2, 0.25) is 0 Å². The molecule has 28 heavy (non-hydrogen) atoms. The van der Waals surface area contributed by atoms with E-state index in [1.165, 1.54) is 5.56 Å². The number of benzene rings is 1. The molecule has 1 unspecified atom stereocenters. The van der Waals surface area contributed by atoms with Gasteiger partial charge in [-0.25, -0.2) is 4.98 Å². The summed E-state index contributed by atoms with van der Waals surface area (Å²) in [6, 6.07) is 12.5. The van der Waals surface area contributed by atoms with Crippen LogP contribution in [0, 0.1) is 13.8 Å². The van der Waals surface area contributed by atoms with Crippen LogP contribution in [0.1, 0.15) is 17.0 Å². The molecule has 0 saturated carbocycles. The molecule has 1 aromatic carbocycles. The smallest absolute Gasteiger partial charge is 0.148 e. The molecular formula is C21H25N5OS. The fraction of sp³-hybridized carbons (Fsp3) is 0.381. The number of hydrogen-bond acceptors (Lipinski definition) is 6. The lowest BCUT2D eigenvalue weighted by Gasteiger charge is -2.33. The summed E-state index contributed by atoms with van der Waals surface area (Å²) in [6.07, 6.45) is 3.78. The molecule has 3 aromatic rings. The van der Waals surface area contributed by atoms with Crippen molar-refractivity contribution in [1.29, 1.82) is 0 Å². The molecule has 7 heteroatoms.